The summed E-state index contributed by atoms with van der Waals surface area (Å²) >= 11 is 5.49. The number of nitrogens with zero attached hydrogens (tertiary/aromatic N) is 3. The normalized spacial score (nSPS) is 28.5. The molecule has 21 nitrogen and oxygen atoms in total. The van der Waals surface area contributed by atoms with Gasteiger partial charge in [-0.3, -0.25) is 48.3 Å². The van der Waals surface area contributed by atoms with Crippen molar-refractivity contribution in [1.29, 1.82) is 0 Å². The number of rotatable bonds is 28. The standard InChI is InChI=1S/C50H76N6O15S/c1-29(7-14-40(59)60)34-12-13-35-45-36(24-39(58)50(34,35)3)49(2)16-15-33(22-31(49)23-38(45)57)52-46(69)30-8-10-32(11-9-30)53-48(72)51-17-5-4-6-37(47(70)71)56(20-18-54(25-41(61)62)26-42(63)64)21-19-55(27-43(65)66)28-44(67)68/h8-11,29,31,33-39,45,57-58H,4-7,12-28H2,1-3H3,(H,52,69)(H,59,60)(H,61,62)(H,63,64)(H,65,66)(H,67,68)(H,70,71)(H2,51,53,72)/t29-,31+,33+,34-,35+,36+,37?,38-,39+,45+,49+,50-/m1/s1. The first-order valence-electron chi connectivity index (χ1n) is 25.2. The van der Waals surface area contributed by atoms with Gasteiger partial charge in [0.1, 0.15) is 6.04 Å². The average molecular weight is 1030 g/mol. The molecule has 0 heterocycles. The van der Waals surface area contributed by atoms with Crippen molar-refractivity contribution in [3.05, 3.63) is 29.8 Å². The fourth-order valence-electron chi connectivity index (χ4n) is 13.3. The Morgan fingerprint density at radius 2 is 1.31 bits per heavy atom. The first-order valence-corrected chi connectivity index (χ1v) is 25.7. The number of carbonyl (C=O) groups is 7. The van der Waals surface area contributed by atoms with Crippen molar-refractivity contribution in [1.82, 2.24) is 25.3 Å². The molecule has 4 fully saturated rings. The van der Waals surface area contributed by atoms with Gasteiger partial charge in [0.15, 0.2) is 5.11 Å². The minimum absolute atomic E-state index is 0.0712. The van der Waals surface area contributed by atoms with Crippen LogP contribution in [0.1, 0.15) is 108 Å². The Hall–Kier alpha value is -5.00. The maximum atomic E-state index is 13.6. The molecule has 11 N–H and O–H groups in total. The Kier molecular flexibility index (Phi) is 20.7. The second kappa shape index (κ2) is 25.8. The van der Waals surface area contributed by atoms with Gasteiger partial charge in [-0.05, 0) is 153 Å². The SMILES string of the molecule is C[C@H](CCC(=O)O)[C@H]1CC[C@H]2[C@@H]3[C@H](O)C[C@@H]4C[C@@H](NC(=O)c5ccc(NC(=S)NCCCCC(C(=O)O)N(CCN(CC(=O)O)CC(=O)O)CCN(CC(=O)O)CC(=O)O)cc5)CC[C@]4(C)[C@H]3C[C@H](O)[C@]12C. The predicted molar refractivity (Wildman–Crippen MR) is 266 cm³/mol. The van der Waals surface area contributed by atoms with Crippen molar-refractivity contribution < 1.29 is 74.4 Å². The lowest BCUT2D eigenvalue weighted by molar-refractivity contribution is -0.202. The van der Waals surface area contributed by atoms with Crippen LogP contribution in [0.25, 0.3) is 0 Å². The number of thiocarbonyl (C=S) groups is 1. The van der Waals surface area contributed by atoms with Crippen LogP contribution in [-0.4, -0.2) is 186 Å². The summed E-state index contributed by atoms with van der Waals surface area (Å²) in [6.07, 6.45) is 6.06. The zero-order valence-electron chi connectivity index (χ0n) is 41.6. The van der Waals surface area contributed by atoms with E-state index in [1.54, 1.807) is 24.3 Å². The van der Waals surface area contributed by atoms with Gasteiger partial charge in [0.2, 0.25) is 0 Å². The fraction of sp³-hybridized carbons (Fsp3) is 0.720. The molecule has 4 aliphatic carbocycles. The summed E-state index contributed by atoms with van der Waals surface area (Å²) in [5.41, 5.74) is 0.624. The molecule has 0 saturated heterocycles. The molecule has 0 radical (unpaired) electrons. The van der Waals surface area contributed by atoms with Crippen LogP contribution in [0.3, 0.4) is 0 Å². The lowest BCUT2D eigenvalue weighted by Crippen LogP contribution is -2.63. The summed E-state index contributed by atoms with van der Waals surface area (Å²) in [6, 6.07) is 5.63. The second-order valence-electron chi connectivity index (χ2n) is 21.3. The Bertz CT molecular complexity index is 2030. The van der Waals surface area contributed by atoms with E-state index >= 15 is 0 Å². The highest BCUT2D eigenvalue weighted by Crippen LogP contribution is 2.68. The van der Waals surface area contributed by atoms with E-state index in [9.17, 15) is 74.4 Å². The molecular formula is C50H76N6O15S. The molecule has 1 aromatic rings. The number of hydrogen-bond acceptors (Lipinski definition) is 13. The molecule has 1 amide bonds. The van der Waals surface area contributed by atoms with Gasteiger partial charge in [-0.15, -0.1) is 0 Å². The predicted octanol–water partition coefficient (Wildman–Crippen LogP) is 3.04. The number of nitrogens with one attached hydrogen (secondary N) is 3. The van der Waals surface area contributed by atoms with Gasteiger partial charge in [0.25, 0.3) is 5.91 Å². The molecule has 4 aliphatic rings. The summed E-state index contributed by atoms with van der Waals surface area (Å²) in [5, 5.41) is 90.1. The first kappa shape index (κ1) is 57.9. The Morgan fingerprint density at radius 3 is 1.85 bits per heavy atom. The highest BCUT2D eigenvalue weighted by atomic mass is 32.1. The van der Waals surface area contributed by atoms with E-state index in [0.717, 1.165) is 41.9 Å². The molecule has 1 aromatic carbocycles. The second-order valence-corrected chi connectivity index (χ2v) is 21.7. The molecule has 4 saturated carbocycles. The van der Waals surface area contributed by atoms with Gasteiger partial charge < -0.3 is 56.8 Å². The third-order valence-electron chi connectivity index (χ3n) is 16.9. The number of benzene rings is 1. The van der Waals surface area contributed by atoms with Crippen LogP contribution in [0.4, 0.5) is 5.69 Å². The maximum Gasteiger partial charge on any atom is 0.320 e. The number of aliphatic hydroxyl groups excluding tert-OH is 2. The zero-order chi connectivity index (χ0) is 53.1. The van der Waals surface area contributed by atoms with Crippen molar-refractivity contribution in [3.63, 3.8) is 0 Å². The number of carbonyl (C=O) groups excluding carboxylic acids is 1. The van der Waals surface area contributed by atoms with Gasteiger partial charge in [-0.1, -0.05) is 20.8 Å². The average Bonchev–Trinajstić information content (AvgIpc) is 3.65. The number of fused-ring (bicyclic) bond motifs is 5. The minimum atomic E-state index is -1.28. The largest absolute Gasteiger partial charge is 0.481 e. The number of unbranched alkanes of at least 4 members (excludes halogenated alkanes) is 1. The Balaban J connectivity index is 1.09. The topological polar surface area (TPSA) is 327 Å². The molecule has 22 heteroatoms. The molecule has 402 valence electrons. The number of carboxylic acids is 6. The number of hydrogen-bond donors (Lipinski definition) is 11. The molecule has 0 spiro atoms. The zero-order valence-corrected chi connectivity index (χ0v) is 42.4. The Morgan fingerprint density at radius 1 is 0.722 bits per heavy atom. The highest BCUT2D eigenvalue weighted by Gasteiger charge is 2.65. The van der Waals surface area contributed by atoms with E-state index in [1.165, 1.54) is 4.90 Å². The van der Waals surface area contributed by atoms with Crippen LogP contribution in [-0.2, 0) is 28.8 Å². The van der Waals surface area contributed by atoms with Crippen LogP contribution >= 0.6 is 12.2 Å². The molecule has 0 bridgehead atoms. The molecule has 0 aliphatic heterocycles. The summed E-state index contributed by atoms with van der Waals surface area (Å²) in [4.78, 5) is 86.7. The molecule has 0 aromatic heterocycles. The smallest absolute Gasteiger partial charge is 0.320 e. The van der Waals surface area contributed by atoms with E-state index < -0.39 is 80.2 Å². The monoisotopic (exact) mass is 1030 g/mol. The van der Waals surface area contributed by atoms with Crippen molar-refractivity contribution >= 4 is 64.7 Å². The van der Waals surface area contributed by atoms with E-state index in [4.69, 9.17) is 12.2 Å². The van der Waals surface area contributed by atoms with E-state index in [2.05, 4.69) is 36.7 Å². The van der Waals surface area contributed by atoms with Gasteiger partial charge >= 0.3 is 35.8 Å². The first-order chi connectivity index (χ1) is 33.9. The summed E-state index contributed by atoms with van der Waals surface area (Å²) in [6.45, 7) is 4.01. The number of carboxylic acid groups (broad SMARTS) is 6. The van der Waals surface area contributed by atoms with Gasteiger partial charge in [0.05, 0.1) is 38.4 Å². The maximum absolute atomic E-state index is 13.6. The fourth-order valence-corrected chi connectivity index (χ4v) is 13.5. The lowest BCUT2D eigenvalue weighted by Gasteiger charge is -2.63. The van der Waals surface area contributed by atoms with E-state index in [-0.39, 0.29) is 102 Å². The van der Waals surface area contributed by atoms with Crippen molar-refractivity contribution in [2.75, 3.05) is 64.2 Å². The molecular weight excluding hydrogens is 957 g/mol. The van der Waals surface area contributed by atoms with E-state index in [0.29, 0.717) is 49.9 Å². The number of amides is 1. The van der Waals surface area contributed by atoms with Crippen LogP contribution in [0.5, 0.6) is 0 Å². The van der Waals surface area contributed by atoms with Gasteiger partial charge in [0, 0.05) is 56.4 Å². The summed E-state index contributed by atoms with van der Waals surface area (Å²) in [7, 11) is 0. The van der Waals surface area contributed by atoms with Crippen LogP contribution in [0, 0.1) is 46.3 Å². The third-order valence-corrected chi connectivity index (χ3v) is 17.1. The quantitative estimate of drug-likeness (QED) is 0.0424. The molecule has 1 unspecified atom stereocenters. The Labute approximate surface area is 425 Å². The lowest BCUT2D eigenvalue weighted by atomic mass is 9.43. The number of aliphatic carboxylic acids is 6. The van der Waals surface area contributed by atoms with Crippen molar-refractivity contribution in [2.45, 2.75) is 122 Å². The van der Waals surface area contributed by atoms with Gasteiger partial charge in [-0.2, -0.15) is 0 Å². The third kappa shape index (κ3) is 15.1. The minimum Gasteiger partial charge on any atom is -0.481 e. The van der Waals surface area contributed by atoms with Crippen molar-refractivity contribution in [3.8, 4) is 0 Å². The highest BCUT2D eigenvalue weighted by molar-refractivity contribution is 7.80. The van der Waals surface area contributed by atoms with Crippen molar-refractivity contribution in [2.24, 2.45) is 46.3 Å². The summed E-state index contributed by atoms with van der Waals surface area (Å²) < 4.78 is 0. The molecule has 72 heavy (non-hydrogen) atoms. The number of aliphatic hydroxyl groups is 2. The molecule has 5 rings (SSSR count). The molecule has 12 atom stereocenters. The number of anilines is 1. The van der Waals surface area contributed by atoms with Crippen LogP contribution < -0.4 is 16.0 Å². The van der Waals surface area contributed by atoms with Crippen LogP contribution in [0.15, 0.2) is 24.3 Å². The van der Waals surface area contributed by atoms with Gasteiger partial charge in [-0.25, -0.2) is 0 Å². The van der Waals surface area contributed by atoms with Crippen LogP contribution in [0.2, 0.25) is 0 Å². The van der Waals surface area contributed by atoms with E-state index in [1.807, 2.05) is 0 Å². The summed E-state index contributed by atoms with van der Waals surface area (Å²) in [5.74, 6) is -6.45.